The predicted octanol–water partition coefficient (Wildman–Crippen LogP) is 3.04. The summed E-state index contributed by atoms with van der Waals surface area (Å²) in [5.41, 5.74) is 2.32. The molecule has 17 heavy (non-hydrogen) atoms. The largest absolute Gasteiger partial charge is 0.385 e. The van der Waals surface area contributed by atoms with Crippen LogP contribution in [0.2, 0.25) is 0 Å². The molecular weight excluding hydrogens is 280 g/mol. The molecule has 0 fully saturated rings. The second kappa shape index (κ2) is 6.64. The Morgan fingerprint density at radius 1 is 1.41 bits per heavy atom. The summed E-state index contributed by atoms with van der Waals surface area (Å²) in [6.45, 7) is 2.88. The molecule has 0 spiro atoms. The summed E-state index contributed by atoms with van der Waals surface area (Å²) in [6, 6.07) is 6.08. The van der Waals surface area contributed by atoms with Gasteiger partial charge >= 0.3 is 0 Å². The molecule has 0 saturated heterocycles. The van der Waals surface area contributed by atoms with Crippen LogP contribution in [0.3, 0.4) is 0 Å². The maximum atomic E-state index is 11.4. The van der Waals surface area contributed by atoms with Gasteiger partial charge in [-0.05, 0) is 31.0 Å². The minimum Gasteiger partial charge on any atom is -0.385 e. The summed E-state index contributed by atoms with van der Waals surface area (Å²) in [7, 11) is 3.57. The van der Waals surface area contributed by atoms with Crippen LogP contribution in [-0.4, -0.2) is 31.4 Å². The Hall–Kier alpha value is -1.03. The average Bonchev–Trinajstić information content (AvgIpc) is 2.29. The van der Waals surface area contributed by atoms with Gasteiger partial charge in [0.15, 0.2) is 0 Å². The first-order valence-corrected chi connectivity index (χ1v) is 6.51. The molecule has 0 aliphatic rings. The number of carbonyl (C=O) groups excluding carboxylic acids is 1. The number of anilines is 1. The van der Waals surface area contributed by atoms with Gasteiger partial charge in [0.1, 0.15) is 0 Å². The van der Waals surface area contributed by atoms with E-state index < -0.39 is 0 Å². The molecule has 0 bridgehead atoms. The van der Waals surface area contributed by atoms with E-state index in [0.717, 1.165) is 23.1 Å². The van der Waals surface area contributed by atoms with Crippen LogP contribution in [0.4, 0.5) is 5.69 Å². The number of amides is 1. The topological polar surface area (TPSA) is 32.3 Å². The molecule has 4 heteroatoms. The van der Waals surface area contributed by atoms with Crippen LogP contribution in [0.1, 0.15) is 18.4 Å². The maximum absolute atomic E-state index is 11.4. The van der Waals surface area contributed by atoms with Crippen LogP contribution in [0.5, 0.6) is 0 Å². The van der Waals surface area contributed by atoms with Gasteiger partial charge in [0.25, 0.3) is 0 Å². The molecule has 0 unspecified atom stereocenters. The average molecular weight is 299 g/mol. The fourth-order valence-electron chi connectivity index (χ4n) is 1.49. The molecule has 1 aromatic rings. The third-order valence-electron chi connectivity index (χ3n) is 2.65. The van der Waals surface area contributed by atoms with E-state index in [9.17, 15) is 4.79 Å². The van der Waals surface area contributed by atoms with Crippen LogP contribution in [0.25, 0.3) is 0 Å². The second-order valence-corrected chi connectivity index (χ2v) is 5.09. The summed E-state index contributed by atoms with van der Waals surface area (Å²) in [5.74, 6) is 0.178. The van der Waals surface area contributed by atoms with Crippen molar-refractivity contribution in [3.8, 4) is 0 Å². The molecule has 1 rings (SSSR count). The third-order valence-corrected chi connectivity index (χ3v) is 3.51. The first-order valence-electron chi connectivity index (χ1n) is 5.71. The Morgan fingerprint density at radius 3 is 2.76 bits per heavy atom. The van der Waals surface area contributed by atoms with Crippen molar-refractivity contribution in [3.05, 3.63) is 28.2 Å². The lowest BCUT2D eigenvalue weighted by Gasteiger charge is -2.12. The zero-order chi connectivity index (χ0) is 12.8. The number of nitrogens with zero attached hydrogens (tertiary/aromatic N) is 1. The van der Waals surface area contributed by atoms with E-state index >= 15 is 0 Å². The molecule has 1 N–H and O–H groups in total. The van der Waals surface area contributed by atoms with Crippen molar-refractivity contribution in [2.45, 2.75) is 19.8 Å². The Morgan fingerprint density at radius 2 is 2.12 bits per heavy atom. The van der Waals surface area contributed by atoms with Gasteiger partial charge < -0.3 is 10.2 Å². The zero-order valence-electron chi connectivity index (χ0n) is 10.6. The molecule has 0 aromatic heterocycles. The highest BCUT2D eigenvalue weighted by Gasteiger charge is 2.04. The standard InChI is InChI=1S/C13H19BrN2O/c1-10-11(14)6-4-7-12(10)15-9-5-8-13(17)16(2)3/h4,6-7,15H,5,8-9H2,1-3H3. The maximum Gasteiger partial charge on any atom is 0.222 e. The molecule has 0 saturated carbocycles. The Bertz CT molecular complexity index is 391. The van der Waals surface area contributed by atoms with Crippen molar-refractivity contribution in [2.75, 3.05) is 26.0 Å². The monoisotopic (exact) mass is 298 g/mol. The third kappa shape index (κ3) is 4.38. The molecule has 0 heterocycles. The molecular formula is C13H19BrN2O. The van der Waals surface area contributed by atoms with Crippen LogP contribution < -0.4 is 5.32 Å². The van der Waals surface area contributed by atoms with Gasteiger partial charge in [0, 0.05) is 37.2 Å². The van der Waals surface area contributed by atoms with Gasteiger partial charge in [-0.3, -0.25) is 4.79 Å². The molecule has 0 radical (unpaired) electrons. The fraction of sp³-hybridized carbons (Fsp3) is 0.462. The molecule has 0 aliphatic carbocycles. The van der Waals surface area contributed by atoms with Crippen LogP contribution in [0, 0.1) is 6.92 Å². The summed E-state index contributed by atoms with van der Waals surface area (Å²) >= 11 is 3.50. The van der Waals surface area contributed by atoms with Gasteiger partial charge in [0.2, 0.25) is 5.91 Å². The predicted molar refractivity (Wildman–Crippen MR) is 75.3 cm³/mol. The van der Waals surface area contributed by atoms with Crippen molar-refractivity contribution in [1.82, 2.24) is 4.90 Å². The minimum absolute atomic E-state index is 0.178. The first-order chi connectivity index (χ1) is 8.02. The van der Waals surface area contributed by atoms with E-state index in [1.165, 1.54) is 5.56 Å². The van der Waals surface area contributed by atoms with E-state index in [2.05, 4.69) is 28.2 Å². The highest BCUT2D eigenvalue weighted by Crippen LogP contribution is 2.23. The number of hydrogen-bond donors (Lipinski definition) is 1. The first kappa shape index (κ1) is 14.0. The molecule has 1 aromatic carbocycles. The van der Waals surface area contributed by atoms with Crippen molar-refractivity contribution in [3.63, 3.8) is 0 Å². The van der Waals surface area contributed by atoms with Gasteiger partial charge in [0.05, 0.1) is 0 Å². The molecule has 0 aliphatic heterocycles. The van der Waals surface area contributed by atoms with E-state index in [1.54, 1.807) is 19.0 Å². The summed E-state index contributed by atoms with van der Waals surface area (Å²) < 4.78 is 1.10. The quantitative estimate of drug-likeness (QED) is 0.848. The molecule has 94 valence electrons. The number of nitrogens with one attached hydrogen (secondary N) is 1. The second-order valence-electron chi connectivity index (χ2n) is 4.23. The van der Waals surface area contributed by atoms with Crippen LogP contribution in [0.15, 0.2) is 22.7 Å². The van der Waals surface area contributed by atoms with Gasteiger partial charge in [-0.2, -0.15) is 0 Å². The van der Waals surface area contributed by atoms with Crippen LogP contribution in [-0.2, 0) is 4.79 Å². The minimum atomic E-state index is 0.178. The number of halogens is 1. The normalized spacial score (nSPS) is 10.1. The lowest BCUT2D eigenvalue weighted by molar-refractivity contribution is -0.128. The van der Waals surface area contributed by atoms with Gasteiger partial charge in [-0.15, -0.1) is 0 Å². The Balaban J connectivity index is 2.36. The van der Waals surface area contributed by atoms with Crippen LogP contribution >= 0.6 is 15.9 Å². The van der Waals surface area contributed by atoms with E-state index in [1.807, 2.05) is 18.2 Å². The smallest absolute Gasteiger partial charge is 0.222 e. The van der Waals surface area contributed by atoms with Gasteiger partial charge in [-0.25, -0.2) is 0 Å². The number of hydrogen-bond acceptors (Lipinski definition) is 2. The number of carbonyl (C=O) groups is 1. The van der Waals surface area contributed by atoms with Gasteiger partial charge in [-0.1, -0.05) is 22.0 Å². The Kier molecular flexibility index (Phi) is 5.48. The highest BCUT2D eigenvalue weighted by molar-refractivity contribution is 9.10. The Labute approximate surface area is 111 Å². The summed E-state index contributed by atoms with van der Waals surface area (Å²) in [4.78, 5) is 13.0. The highest BCUT2D eigenvalue weighted by atomic mass is 79.9. The van der Waals surface area contributed by atoms with Crippen molar-refractivity contribution < 1.29 is 4.79 Å². The number of rotatable bonds is 5. The zero-order valence-corrected chi connectivity index (χ0v) is 12.2. The van der Waals surface area contributed by atoms with Crippen molar-refractivity contribution in [1.29, 1.82) is 0 Å². The van der Waals surface area contributed by atoms with E-state index in [4.69, 9.17) is 0 Å². The summed E-state index contributed by atoms with van der Waals surface area (Å²) in [6.07, 6.45) is 1.44. The fourth-order valence-corrected chi connectivity index (χ4v) is 1.85. The lowest BCUT2D eigenvalue weighted by atomic mass is 10.2. The molecule has 1 amide bonds. The van der Waals surface area contributed by atoms with Crippen molar-refractivity contribution in [2.24, 2.45) is 0 Å². The lowest BCUT2D eigenvalue weighted by Crippen LogP contribution is -2.22. The molecule has 3 nitrogen and oxygen atoms in total. The number of benzene rings is 1. The van der Waals surface area contributed by atoms with E-state index in [0.29, 0.717) is 6.42 Å². The van der Waals surface area contributed by atoms with E-state index in [-0.39, 0.29) is 5.91 Å². The summed E-state index contributed by atoms with van der Waals surface area (Å²) in [5, 5.41) is 3.35. The SMILES string of the molecule is Cc1c(Br)cccc1NCCCC(=O)N(C)C. The molecule has 0 atom stereocenters. The van der Waals surface area contributed by atoms with Crippen molar-refractivity contribution >= 4 is 27.5 Å².